The molecule has 3 rings (SSSR count). The summed E-state index contributed by atoms with van der Waals surface area (Å²) < 4.78 is 11.2. The van der Waals surface area contributed by atoms with Crippen molar-refractivity contribution in [1.82, 2.24) is 9.80 Å². The number of benzene rings is 2. The first-order chi connectivity index (χ1) is 14.0. The van der Waals surface area contributed by atoms with Gasteiger partial charge in [0.25, 0.3) is 11.8 Å². The zero-order valence-corrected chi connectivity index (χ0v) is 17.1. The van der Waals surface area contributed by atoms with E-state index >= 15 is 0 Å². The summed E-state index contributed by atoms with van der Waals surface area (Å²) in [5.41, 5.74) is 2.29. The van der Waals surface area contributed by atoms with Crippen LogP contribution in [0.5, 0.6) is 11.5 Å². The minimum absolute atomic E-state index is 0.00748. The van der Waals surface area contributed by atoms with E-state index in [1.54, 1.807) is 9.80 Å². The summed E-state index contributed by atoms with van der Waals surface area (Å²) in [6.45, 7) is 6.28. The molecule has 2 aromatic carbocycles. The van der Waals surface area contributed by atoms with Gasteiger partial charge in [0.15, 0.2) is 13.2 Å². The Morgan fingerprint density at radius 2 is 1.07 bits per heavy atom. The highest BCUT2D eigenvalue weighted by molar-refractivity contribution is 5.79. The van der Waals surface area contributed by atoms with Crippen molar-refractivity contribution in [2.75, 3.05) is 39.4 Å². The van der Waals surface area contributed by atoms with E-state index in [-0.39, 0.29) is 25.0 Å². The first-order valence-corrected chi connectivity index (χ1v) is 9.96. The lowest BCUT2D eigenvalue weighted by atomic mass is 10.2. The SMILES string of the molecule is Cc1ccc(OCC(=O)N2CCCN(C(=O)COc3ccc(C)cc3)CC2)cc1. The van der Waals surface area contributed by atoms with Crippen LogP contribution < -0.4 is 9.47 Å². The normalized spacial score (nSPS) is 14.3. The highest BCUT2D eigenvalue weighted by atomic mass is 16.5. The molecule has 0 bridgehead atoms. The monoisotopic (exact) mass is 396 g/mol. The average Bonchev–Trinajstić information content (AvgIpc) is 2.99. The summed E-state index contributed by atoms with van der Waals surface area (Å²) in [5, 5.41) is 0. The van der Waals surface area contributed by atoms with E-state index in [1.165, 1.54) is 0 Å². The van der Waals surface area contributed by atoms with E-state index in [9.17, 15) is 9.59 Å². The molecule has 2 aromatic rings. The highest BCUT2D eigenvalue weighted by Gasteiger charge is 2.22. The lowest BCUT2D eigenvalue weighted by molar-refractivity contribution is -0.135. The van der Waals surface area contributed by atoms with Gasteiger partial charge in [0.05, 0.1) is 0 Å². The molecule has 1 aliphatic heterocycles. The van der Waals surface area contributed by atoms with Crippen molar-refractivity contribution in [3.63, 3.8) is 0 Å². The number of rotatable bonds is 6. The smallest absolute Gasteiger partial charge is 0.260 e. The maximum atomic E-state index is 12.5. The molecule has 0 N–H and O–H groups in total. The van der Waals surface area contributed by atoms with Crippen LogP contribution in [0.3, 0.4) is 0 Å². The van der Waals surface area contributed by atoms with Gasteiger partial charge in [0.1, 0.15) is 11.5 Å². The molecule has 1 heterocycles. The fourth-order valence-electron chi connectivity index (χ4n) is 3.16. The van der Waals surface area contributed by atoms with Gasteiger partial charge in [-0.3, -0.25) is 9.59 Å². The maximum Gasteiger partial charge on any atom is 0.260 e. The maximum absolute atomic E-state index is 12.5. The molecular weight excluding hydrogens is 368 g/mol. The summed E-state index contributed by atoms with van der Waals surface area (Å²) in [6.07, 6.45) is 0.743. The quantitative estimate of drug-likeness (QED) is 0.753. The van der Waals surface area contributed by atoms with E-state index in [0.29, 0.717) is 37.7 Å². The molecule has 29 heavy (non-hydrogen) atoms. The van der Waals surface area contributed by atoms with Crippen LogP contribution in [0.4, 0.5) is 0 Å². The van der Waals surface area contributed by atoms with Crippen molar-refractivity contribution in [3.8, 4) is 11.5 Å². The van der Waals surface area contributed by atoms with Crippen molar-refractivity contribution in [3.05, 3.63) is 59.7 Å². The lowest BCUT2D eigenvalue weighted by Gasteiger charge is -2.22. The van der Waals surface area contributed by atoms with Gasteiger partial charge in [-0.2, -0.15) is 0 Å². The van der Waals surface area contributed by atoms with Crippen LogP contribution in [0.1, 0.15) is 17.5 Å². The third-order valence-electron chi connectivity index (χ3n) is 4.97. The molecule has 0 atom stereocenters. The number of ether oxygens (including phenoxy) is 2. The Hall–Kier alpha value is -3.02. The van der Waals surface area contributed by atoms with E-state index in [1.807, 2.05) is 62.4 Å². The average molecular weight is 396 g/mol. The molecule has 1 fully saturated rings. The molecule has 2 amide bonds. The molecule has 0 saturated carbocycles. The first-order valence-electron chi connectivity index (χ1n) is 9.96. The Morgan fingerprint density at radius 3 is 1.45 bits per heavy atom. The van der Waals surface area contributed by atoms with Crippen molar-refractivity contribution >= 4 is 11.8 Å². The van der Waals surface area contributed by atoms with Crippen LogP contribution in [-0.4, -0.2) is 61.0 Å². The van der Waals surface area contributed by atoms with E-state index in [2.05, 4.69) is 0 Å². The number of aryl methyl sites for hydroxylation is 2. The molecule has 0 aromatic heterocycles. The van der Waals surface area contributed by atoms with E-state index in [4.69, 9.17) is 9.47 Å². The van der Waals surface area contributed by atoms with Crippen LogP contribution >= 0.6 is 0 Å². The number of nitrogens with zero attached hydrogens (tertiary/aromatic N) is 2. The molecule has 0 radical (unpaired) electrons. The lowest BCUT2D eigenvalue weighted by Crippen LogP contribution is -2.40. The molecule has 1 aliphatic rings. The van der Waals surface area contributed by atoms with Gasteiger partial charge in [-0.05, 0) is 44.5 Å². The summed E-state index contributed by atoms with van der Waals surface area (Å²) >= 11 is 0. The Morgan fingerprint density at radius 1 is 0.690 bits per heavy atom. The molecule has 6 heteroatoms. The minimum atomic E-state index is -0.0595. The van der Waals surface area contributed by atoms with Gasteiger partial charge >= 0.3 is 0 Å². The Labute approximate surface area is 172 Å². The van der Waals surface area contributed by atoms with Gasteiger partial charge in [-0.25, -0.2) is 0 Å². The summed E-state index contributed by atoms with van der Waals surface area (Å²) in [6, 6.07) is 15.3. The molecule has 0 aliphatic carbocycles. The van der Waals surface area contributed by atoms with Crippen molar-refractivity contribution in [2.24, 2.45) is 0 Å². The van der Waals surface area contributed by atoms with Gasteiger partial charge in [0, 0.05) is 26.2 Å². The fourth-order valence-corrected chi connectivity index (χ4v) is 3.16. The predicted octanol–water partition coefficient (Wildman–Crippen LogP) is 2.82. The number of hydrogen-bond donors (Lipinski definition) is 0. The highest BCUT2D eigenvalue weighted by Crippen LogP contribution is 2.13. The Bertz CT molecular complexity index is 748. The van der Waals surface area contributed by atoms with Crippen LogP contribution in [-0.2, 0) is 9.59 Å². The topological polar surface area (TPSA) is 59.1 Å². The number of carbonyl (C=O) groups is 2. The van der Waals surface area contributed by atoms with Crippen LogP contribution in [0.2, 0.25) is 0 Å². The van der Waals surface area contributed by atoms with Gasteiger partial charge in [0.2, 0.25) is 0 Å². The fraction of sp³-hybridized carbons (Fsp3) is 0.391. The zero-order chi connectivity index (χ0) is 20.6. The van der Waals surface area contributed by atoms with Gasteiger partial charge in [-0.1, -0.05) is 35.4 Å². The number of amides is 2. The van der Waals surface area contributed by atoms with Crippen molar-refractivity contribution in [2.45, 2.75) is 20.3 Å². The largest absolute Gasteiger partial charge is 0.484 e. The van der Waals surface area contributed by atoms with E-state index in [0.717, 1.165) is 17.5 Å². The zero-order valence-electron chi connectivity index (χ0n) is 17.1. The first kappa shape index (κ1) is 20.7. The third-order valence-corrected chi connectivity index (χ3v) is 4.97. The molecule has 154 valence electrons. The van der Waals surface area contributed by atoms with Crippen molar-refractivity contribution in [1.29, 1.82) is 0 Å². The van der Waals surface area contributed by atoms with Gasteiger partial charge < -0.3 is 19.3 Å². The summed E-state index contributed by atoms with van der Waals surface area (Å²) in [4.78, 5) is 28.5. The number of hydrogen-bond acceptors (Lipinski definition) is 4. The molecular formula is C23H28N2O4. The van der Waals surface area contributed by atoms with Crippen molar-refractivity contribution < 1.29 is 19.1 Å². The second-order valence-corrected chi connectivity index (χ2v) is 7.32. The molecule has 0 unspecified atom stereocenters. The van der Waals surface area contributed by atoms with Gasteiger partial charge in [-0.15, -0.1) is 0 Å². The van der Waals surface area contributed by atoms with Crippen LogP contribution in [0, 0.1) is 13.8 Å². The second kappa shape index (κ2) is 9.96. The molecule has 0 spiro atoms. The summed E-state index contributed by atoms with van der Waals surface area (Å²) in [7, 11) is 0. The minimum Gasteiger partial charge on any atom is -0.484 e. The van der Waals surface area contributed by atoms with Crippen LogP contribution in [0.15, 0.2) is 48.5 Å². The Balaban J connectivity index is 1.43. The Kier molecular flexibility index (Phi) is 7.11. The molecule has 6 nitrogen and oxygen atoms in total. The predicted molar refractivity (Wildman–Crippen MR) is 111 cm³/mol. The van der Waals surface area contributed by atoms with Crippen LogP contribution in [0.25, 0.3) is 0 Å². The number of carbonyl (C=O) groups excluding carboxylic acids is 2. The third kappa shape index (κ3) is 6.24. The standard InChI is InChI=1S/C23H28N2O4/c1-18-4-8-20(9-5-18)28-16-22(26)24-12-3-13-25(15-14-24)23(27)17-29-21-10-6-19(2)7-11-21/h4-11H,3,12-17H2,1-2H3. The molecule has 1 saturated heterocycles. The van der Waals surface area contributed by atoms with E-state index < -0.39 is 0 Å². The summed E-state index contributed by atoms with van der Waals surface area (Å²) in [5.74, 6) is 1.25. The second-order valence-electron chi connectivity index (χ2n) is 7.32.